The van der Waals surface area contributed by atoms with Gasteiger partial charge in [0.25, 0.3) is 0 Å². The summed E-state index contributed by atoms with van der Waals surface area (Å²) in [7, 11) is 0. The third-order valence-electron chi connectivity index (χ3n) is 3.20. The molecule has 1 aromatic carbocycles. The molecule has 21 heavy (non-hydrogen) atoms. The van der Waals surface area contributed by atoms with Crippen LogP contribution in [0.1, 0.15) is 23.6 Å². The molecule has 2 rings (SSSR count). The fourth-order valence-corrected chi connectivity index (χ4v) is 2.04. The minimum absolute atomic E-state index is 0.127. The Morgan fingerprint density at radius 1 is 1.10 bits per heavy atom. The molecule has 8 heteroatoms. The third-order valence-corrected chi connectivity index (χ3v) is 3.20. The molecule has 0 bridgehead atoms. The lowest BCUT2D eigenvalue weighted by Crippen LogP contribution is -2.32. The van der Waals surface area contributed by atoms with Crippen molar-refractivity contribution in [1.82, 2.24) is 10.2 Å². The number of rotatable bonds is 2. The minimum atomic E-state index is -4.84. The molecule has 0 aliphatic carbocycles. The maximum Gasteiger partial charge on any atom is 0.416 e. The SMILES string of the molecule is CC1NC=CN1Cc1ccc(C(F)(F)F)cc1C(F)(F)F. The van der Waals surface area contributed by atoms with Gasteiger partial charge in [-0.15, -0.1) is 0 Å². The van der Waals surface area contributed by atoms with Gasteiger partial charge in [0.15, 0.2) is 0 Å². The molecule has 0 amide bonds. The first-order valence-corrected chi connectivity index (χ1v) is 6.05. The number of halogens is 6. The molecule has 1 aliphatic heterocycles. The van der Waals surface area contributed by atoms with Crippen molar-refractivity contribution < 1.29 is 26.3 Å². The Bertz CT molecular complexity index is 547. The Labute approximate surface area is 117 Å². The van der Waals surface area contributed by atoms with Gasteiger partial charge in [-0.1, -0.05) is 6.07 Å². The average molecular weight is 310 g/mol. The van der Waals surface area contributed by atoms with Gasteiger partial charge in [-0.25, -0.2) is 0 Å². The van der Waals surface area contributed by atoms with Crippen LogP contribution in [0.2, 0.25) is 0 Å². The molecule has 0 saturated carbocycles. The maximum absolute atomic E-state index is 13.0. The molecule has 116 valence electrons. The topological polar surface area (TPSA) is 15.3 Å². The minimum Gasteiger partial charge on any atom is -0.370 e. The average Bonchev–Trinajstić information content (AvgIpc) is 2.73. The second-order valence-electron chi connectivity index (χ2n) is 4.70. The van der Waals surface area contributed by atoms with Gasteiger partial charge in [0.05, 0.1) is 17.3 Å². The van der Waals surface area contributed by atoms with Gasteiger partial charge >= 0.3 is 12.4 Å². The summed E-state index contributed by atoms with van der Waals surface area (Å²) in [6, 6.07) is 1.71. The summed E-state index contributed by atoms with van der Waals surface area (Å²) < 4.78 is 76.6. The lowest BCUT2D eigenvalue weighted by Gasteiger charge is -2.24. The molecule has 1 heterocycles. The van der Waals surface area contributed by atoms with Crippen LogP contribution in [0.25, 0.3) is 0 Å². The standard InChI is InChI=1S/C13H12F6N2/c1-8-20-4-5-21(8)7-9-2-3-10(12(14,15)16)6-11(9)13(17,18)19/h2-6,8,20H,7H2,1H3. The number of alkyl halides is 6. The van der Waals surface area contributed by atoms with Gasteiger partial charge in [0, 0.05) is 18.9 Å². The van der Waals surface area contributed by atoms with Gasteiger partial charge < -0.3 is 10.2 Å². The zero-order valence-electron chi connectivity index (χ0n) is 10.9. The highest BCUT2D eigenvalue weighted by atomic mass is 19.4. The molecular weight excluding hydrogens is 298 g/mol. The van der Waals surface area contributed by atoms with Crippen LogP contribution in [0.5, 0.6) is 0 Å². The first-order chi connectivity index (χ1) is 9.59. The molecule has 0 radical (unpaired) electrons. The van der Waals surface area contributed by atoms with Crippen LogP contribution < -0.4 is 5.32 Å². The van der Waals surface area contributed by atoms with Crippen LogP contribution in [-0.2, 0) is 18.9 Å². The van der Waals surface area contributed by atoms with E-state index in [-0.39, 0.29) is 24.3 Å². The highest BCUT2D eigenvalue weighted by Gasteiger charge is 2.38. The van der Waals surface area contributed by atoms with Crippen molar-refractivity contribution in [2.24, 2.45) is 0 Å². The van der Waals surface area contributed by atoms with Crippen LogP contribution in [0.15, 0.2) is 30.6 Å². The Kier molecular flexibility index (Phi) is 3.81. The van der Waals surface area contributed by atoms with Crippen molar-refractivity contribution in [3.05, 3.63) is 47.3 Å². The highest BCUT2D eigenvalue weighted by molar-refractivity contribution is 5.35. The summed E-state index contributed by atoms with van der Waals surface area (Å²) in [5, 5.41) is 2.87. The summed E-state index contributed by atoms with van der Waals surface area (Å²) in [5.74, 6) is 0. The molecule has 1 aliphatic rings. The first kappa shape index (κ1) is 15.5. The Morgan fingerprint density at radius 2 is 1.76 bits per heavy atom. The smallest absolute Gasteiger partial charge is 0.370 e. The fraction of sp³-hybridized carbons (Fsp3) is 0.385. The molecule has 1 atom stereocenters. The van der Waals surface area contributed by atoms with E-state index >= 15 is 0 Å². The van der Waals surface area contributed by atoms with E-state index in [1.165, 1.54) is 0 Å². The van der Waals surface area contributed by atoms with Crippen LogP contribution in [0.3, 0.4) is 0 Å². The fourth-order valence-electron chi connectivity index (χ4n) is 2.04. The largest absolute Gasteiger partial charge is 0.416 e. The predicted octanol–water partition coefficient (Wildman–Crippen LogP) is 3.95. The summed E-state index contributed by atoms with van der Waals surface area (Å²) in [4.78, 5) is 1.57. The predicted molar refractivity (Wildman–Crippen MR) is 63.7 cm³/mol. The number of nitrogens with zero attached hydrogens (tertiary/aromatic N) is 1. The number of nitrogens with one attached hydrogen (secondary N) is 1. The van der Waals surface area contributed by atoms with E-state index in [2.05, 4.69) is 5.32 Å². The molecule has 1 unspecified atom stereocenters. The van der Waals surface area contributed by atoms with Crippen LogP contribution in [0.4, 0.5) is 26.3 Å². The normalized spacial score (nSPS) is 19.0. The Hall–Kier alpha value is -1.86. The van der Waals surface area contributed by atoms with Crippen molar-refractivity contribution in [3.8, 4) is 0 Å². The zero-order valence-corrected chi connectivity index (χ0v) is 10.9. The van der Waals surface area contributed by atoms with Gasteiger partial charge in [0.1, 0.15) is 0 Å². The van der Waals surface area contributed by atoms with E-state index in [1.54, 1.807) is 24.2 Å². The van der Waals surface area contributed by atoms with Gasteiger partial charge in [-0.05, 0) is 24.6 Å². The molecule has 0 fully saturated rings. The third kappa shape index (κ3) is 3.43. The molecule has 0 saturated heterocycles. The second kappa shape index (κ2) is 5.16. The summed E-state index contributed by atoms with van der Waals surface area (Å²) in [5.41, 5.74) is -2.76. The Morgan fingerprint density at radius 3 is 2.24 bits per heavy atom. The van der Waals surface area contributed by atoms with Gasteiger partial charge in [0.2, 0.25) is 0 Å². The molecule has 1 N–H and O–H groups in total. The van der Waals surface area contributed by atoms with E-state index in [9.17, 15) is 26.3 Å². The number of hydrogen-bond acceptors (Lipinski definition) is 2. The lowest BCUT2D eigenvalue weighted by molar-refractivity contribution is -0.143. The Balaban J connectivity index is 2.39. The first-order valence-electron chi connectivity index (χ1n) is 6.05. The van der Waals surface area contributed by atoms with Gasteiger partial charge in [-0.3, -0.25) is 0 Å². The summed E-state index contributed by atoms with van der Waals surface area (Å²) in [6.07, 6.45) is -6.73. The van der Waals surface area contributed by atoms with E-state index in [0.29, 0.717) is 6.07 Å². The number of hydrogen-bond donors (Lipinski definition) is 1. The van der Waals surface area contributed by atoms with Crippen molar-refractivity contribution in [2.75, 3.05) is 0 Å². The molecule has 0 aromatic heterocycles. The van der Waals surface area contributed by atoms with E-state index < -0.39 is 23.5 Å². The highest BCUT2D eigenvalue weighted by Crippen LogP contribution is 2.37. The lowest BCUT2D eigenvalue weighted by atomic mass is 10.0. The quantitative estimate of drug-likeness (QED) is 0.832. The van der Waals surface area contributed by atoms with E-state index in [4.69, 9.17) is 0 Å². The van der Waals surface area contributed by atoms with Crippen molar-refractivity contribution >= 4 is 0 Å². The van der Waals surface area contributed by atoms with Crippen molar-refractivity contribution in [3.63, 3.8) is 0 Å². The monoisotopic (exact) mass is 310 g/mol. The van der Waals surface area contributed by atoms with Crippen LogP contribution in [0, 0.1) is 0 Å². The van der Waals surface area contributed by atoms with E-state index in [1.807, 2.05) is 0 Å². The molecule has 1 aromatic rings. The van der Waals surface area contributed by atoms with Crippen LogP contribution >= 0.6 is 0 Å². The summed E-state index contributed by atoms with van der Waals surface area (Å²) >= 11 is 0. The number of benzene rings is 1. The molecule has 0 spiro atoms. The maximum atomic E-state index is 13.0. The zero-order chi connectivity index (χ0) is 15.8. The molecule has 2 nitrogen and oxygen atoms in total. The van der Waals surface area contributed by atoms with Crippen LogP contribution in [-0.4, -0.2) is 11.1 Å². The van der Waals surface area contributed by atoms with Crippen molar-refractivity contribution in [1.29, 1.82) is 0 Å². The summed E-state index contributed by atoms with van der Waals surface area (Å²) in [6.45, 7) is 1.61. The van der Waals surface area contributed by atoms with Gasteiger partial charge in [-0.2, -0.15) is 26.3 Å². The second-order valence-corrected chi connectivity index (χ2v) is 4.70. The molecular formula is C13H12F6N2. The van der Waals surface area contributed by atoms with Crippen molar-refractivity contribution in [2.45, 2.75) is 32.0 Å². The van der Waals surface area contributed by atoms with E-state index in [0.717, 1.165) is 6.07 Å².